The van der Waals surface area contributed by atoms with Crippen LogP contribution < -0.4 is 9.47 Å². The maximum atomic E-state index is 12.9. The second kappa shape index (κ2) is 10.5. The van der Waals surface area contributed by atoms with Gasteiger partial charge in [-0.1, -0.05) is 49.4 Å². The number of hydrogen-bond acceptors (Lipinski definition) is 5. The van der Waals surface area contributed by atoms with Crippen LogP contribution in [0.25, 0.3) is 0 Å². The van der Waals surface area contributed by atoms with Crippen molar-refractivity contribution in [2.45, 2.75) is 26.0 Å². The van der Waals surface area contributed by atoms with Crippen LogP contribution >= 0.6 is 0 Å². The van der Waals surface area contributed by atoms with Gasteiger partial charge in [-0.3, -0.25) is 14.5 Å². The SMILES string of the molecule is CCCN(CC(=O)N1CCN(C(=O)C2COc3ccccc3O2)CC1)Cc1ccccc1. The number of ether oxygens (including phenoxy) is 2. The molecule has 7 heteroatoms. The van der Waals surface area contributed by atoms with E-state index in [1.165, 1.54) is 5.56 Å². The van der Waals surface area contributed by atoms with E-state index in [1.807, 2.05) is 47.4 Å². The molecule has 170 valence electrons. The molecule has 0 N–H and O–H groups in total. The first-order valence-corrected chi connectivity index (χ1v) is 11.4. The highest BCUT2D eigenvalue weighted by atomic mass is 16.6. The van der Waals surface area contributed by atoms with E-state index in [2.05, 4.69) is 24.0 Å². The number of carbonyl (C=O) groups is 2. The van der Waals surface area contributed by atoms with Crippen LogP contribution in [0.3, 0.4) is 0 Å². The minimum atomic E-state index is -0.641. The molecule has 0 spiro atoms. The molecule has 2 aromatic rings. The van der Waals surface area contributed by atoms with Gasteiger partial charge in [0.1, 0.15) is 6.61 Å². The molecule has 2 aliphatic rings. The number of rotatable bonds is 7. The fraction of sp³-hybridized carbons (Fsp3) is 0.440. The van der Waals surface area contributed by atoms with Crippen LogP contribution in [0.5, 0.6) is 11.5 Å². The zero-order chi connectivity index (χ0) is 22.3. The fourth-order valence-electron chi connectivity index (χ4n) is 4.18. The summed E-state index contributed by atoms with van der Waals surface area (Å²) >= 11 is 0. The Morgan fingerprint density at radius 2 is 1.59 bits per heavy atom. The van der Waals surface area contributed by atoms with Gasteiger partial charge in [0.2, 0.25) is 12.0 Å². The van der Waals surface area contributed by atoms with Gasteiger partial charge in [-0.2, -0.15) is 0 Å². The summed E-state index contributed by atoms with van der Waals surface area (Å²) in [4.78, 5) is 31.7. The molecule has 1 atom stereocenters. The van der Waals surface area contributed by atoms with Crippen molar-refractivity contribution in [3.8, 4) is 11.5 Å². The molecule has 1 unspecified atom stereocenters. The molecule has 2 amide bonds. The lowest BCUT2D eigenvalue weighted by molar-refractivity contribution is -0.146. The van der Waals surface area contributed by atoms with Gasteiger partial charge in [0, 0.05) is 32.7 Å². The Hall–Kier alpha value is -3.06. The van der Waals surface area contributed by atoms with E-state index >= 15 is 0 Å². The fourth-order valence-corrected chi connectivity index (χ4v) is 4.18. The molecule has 0 bridgehead atoms. The van der Waals surface area contributed by atoms with E-state index in [0.29, 0.717) is 44.2 Å². The van der Waals surface area contributed by atoms with Gasteiger partial charge in [-0.15, -0.1) is 0 Å². The van der Waals surface area contributed by atoms with Crippen molar-refractivity contribution in [1.29, 1.82) is 0 Å². The predicted octanol–water partition coefficient (Wildman–Crippen LogP) is 2.41. The van der Waals surface area contributed by atoms with E-state index < -0.39 is 6.10 Å². The van der Waals surface area contributed by atoms with Crippen LogP contribution in [-0.2, 0) is 16.1 Å². The van der Waals surface area contributed by atoms with Crippen molar-refractivity contribution in [3.63, 3.8) is 0 Å². The Kier molecular flexibility index (Phi) is 7.27. The summed E-state index contributed by atoms with van der Waals surface area (Å²) in [6, 6.07) is 17.6. The van der Waals surface area contributed by atoms with Crippen LogP contribution in [0.2, 0.25) is 0 Å². The highest BCUT2D eigenvalue weighted by Gasteiger charge is 2.33. The second-order valence-corrected chi connectivity index (χ2v) is 8.27. The topological polar surface area (TPSA) is 62.3 Å². The van der Waals surface area contributed by atoms with Crippen LogP contribution in [0.1, 0.15) is 18.9 Å². The Morgan fingerprint density at radius 3 is 2.31 bits per heavy atom. The lowest BCUT2D eigenvalue weighted by Gasteiger charge is -2.37. The first-order chi connectivity index (χ1) is 15.6. The minimum absolute atomic E-state index is 0.0803. The molecule has 2 heterocycles. The molecule has 1 fully saturated rings. The summed E-state index contributed by atoms with van der Waals surface area (Å²) in [5, 5.41) is 0. The molecule has 32 heavy (non-hydrogen) atoms. The molecule has 1 saturated heterocycles. The molecule has 0 aliphatic carbocycles. The zero-order valence-corrected chi connectivity index (χ0v) is 18.6. The molecule has 0 saturated carbocycles. The van der Waals surface area contributed by atoms with E-state index in [-0.39, 0.29) is 18.4 Å². The Morgan fingerprint density at radius 1 is 0.938 bits per heavy atom. The number of benzene rings is 2. The number of hydrogen-bond donors (Lipinski definition) is 0. The van der Waals surface area contributed by atoms with Crippen molar-refractivity contribution in [3.05, 3.63) is 60.2 Å². The van der Waals surface area contributed by atoms with Crippen LogP contribution in [-0.4, -0.2) is 78.5 Å². The summed E-state index contributed by atoms with van der Waals surface area (Å²) in [6.45, 7) is 6.48. The standard InChI is InChI=1S/C25H31N3O4/c1-2-12-26(17-20-8-4-3-5-9-20)18-24(29)27-13-15-28(16-14-27)25(30)23-19-31-21-10-6-7-11-22(21)32-23/h3-11,23H,2,12-19H2,1H3. The normalized spacial score (nSPS) is 18.0. The number of fused-ring (bicyclic) bond motifs is 1. The number of piperazine rings is 1. The summed E-state index contributed by atoms with van der Waals surface area (Å²) in [5.41, 5.74) is 1.21. The monoisotopic (exact) mass is 437 g/mol. The van der Waals surface area contributed by atoms with Crippen molar-refractivity contribution < 1.29 is 19.1 Å². The van der Waals surface area contributed by atoms with Crippen LogP contribution in [0.4, 0.5) is 0 Å². The molecule has 2 aliphatic heterocycles. The van der Waals surface area contributed by atoms with Gasteiger partial charge < -0.3 is 19.3 Å². The Balaban J connectivity index is 1.27. The first kappa shape index (κ1) is 22.1. The quantitative estimate of drug-likeness (QED) is 0.666. The van der Waals surface area contributed by atoms with Crippen molar-refractivity contribution >= 4 is 11.8 Å². The minimum Gasteiger partial charge on any atom is -0.485 e. The second-order valence-electron chi connectivity index (χ2n) is 8.27. The number of nitrogens with zero attached hydrogens (tertiary/aromatic N) is 3. The van der Waals surface area contributed by atoms with Gasteiger partial charge in [0.25, 0.3) is 5.91 Å². The summed E-state index contributed by atoms with van der Waals surface area (Å²) < 4.78 is 11.5. The molecular weight excluding hydrogens is 406 g/mol. The highest BCUT2D eigenvalue weighted by Crippen LogP contribution is 2.31. The third-order valence-electron chi connectivity index (χ3n) is 5.88. The highest BCUT2D eigenvalue weighted by molar-refractivity contribution is 5.83. The van der Waals surface area contributed by atoms with Crippen molar-refractivity contribution in [2.24, 2.45) is 0 Å². The maximum Gasteiger partial charge on any atom is 0.267 e. The van der Waals surface area contributed by atoms with E-state index in [1.54, 1.807) is 4.90 Å². The molecular formula is C25H31N3O4. The summed E-state index contributed by atoms with van der Waals surface area (Å²) in [6.07, 6.45) is 0.354. The van der Waals surface area contributed by atoms with E-state index in [0.717, 1.165) is 19.5 Å². The molecule has 4 rings (SSSR count). The largest absolute Gasteiger partial charge is 0.485 e. The van der Waals surface area contributed by atoms with Crippen molar-refractivity contribution in [1.82, 2.24) is 14.7 Å². The summed E-state index contributed by atoms with van der Waals surface area (Å²) in [7, 11) is 0. The van der Waals surface area contributed by atoms with Gasteiger partial charge in [0.05, 0.1) is 6.54 Å². The Bertz CT molecular complexity index is 912. The smallest absolute Gasteiger partial charge is 0.267 e. The zero-order valence-electron chi connectivity index (χ0n) is 18.6. The van der Waals surface area contributed by atoms with Gasteiger partial charge in [-0.25, -0.2) is 0 Å². The Labute approximate surface area is 189 Å². The lowest BCUT2D eigenvalue weighted by atomic mass is 10.2. The molecule has 0 aromatic heterocycles. The van der Waals surface area contributed by atoms with Crippen LogP contribution in [0.15, 0.2) is 54.6 Å². The first-order valence-electron chi connectivity index (χ1n) is 11.4. The number of para-hydroxylation sites is 2. The number of amides is 2. The average Bonchev–Trinajstić information content (AvgIpc) is 2.84. The van der Waals surface area contributed by atoms with Gasteiger partial charge in [0.15, 0.2) is 11.5 Å². The third kappa shape index (κ3) is 5.40. The lowest BCUT2D eigenvalue weighted by Crippen LogP contribution is -2.56. The molecule has 0 radical (unpaired) electrons. The van der Waals surface area contributed by atoms with Gasteiger partial charge in [-0.05, 0) is 30.7 Å². The van der Waals surface area contributed by atoms with Crippen LogP contribution in [0, 0.1) is 0 Å². The maximum absolute atomic E-state index is 12.9. The molecule has 2 aromatic carbocycles. The van der Waals surface area contributed by atoms with E-state index in [4.69, 9.17) is 9.47 Å². The summed E-state index contributed by atoms with van der Waals surface area (Å²) in [5.74, 6) is 1.30. The average molecular weight is 438 g/mol. The number of carbonyl (C=O) groups excluding carboxylic acids is 2. The van der Waals surface area contributed by atoms with Gasteiger partial charge >= 0.3 is 0 Å². The third-order valence-corrected chi connectivity index (χ3v) is 5.88. The molecule has 7 nitrogen and oxygen atoms in total. The predicted molar refractivity (Wildman–Crippen MR) is 122 cm³/mol. The van der Waals surface area contributed by atoms with Crippen molar-refractivity contribution in [2.75, 3.05) is 45.9 Å². The van der Waals surface area contributed by atoms with E-state index in [9.17, 15) is 9.59 Å².